The van der Waals surface area contributed by atoms with Crippen molar-refractivity contribution >= 4 is 81.0 Å². The highest BCUT2D eigenvalue weighted by molar-refractivity contribution is 9.11. The van der Waals surface area contributed by atoms with Gasteiger partial charge in [0.25, 0.3) is 5.69 Å². The van der Waals surface area contributed by atoms with Crippen LogP contribution in [0.1, 0.15) is 0 Å². The smallest absolute Gasteiger partial charge is 0.317 e. The summed E-state index contributed by atoms with van der Waals surface area (Å²) in [5.74, 6) is -2.20. The van der Waals surface area contributed by atoms with Gasteiger partial charge in [0.05, 0.1) is 20.6 Å². The molecule has 0 saturated heterocycles. The van der Waals surface area contributed by atoms with Crippen LogP contribution in [0.25, 0.3) is 11.1 Å². The number of nitro benzene ring substituents is 1. The molecule has 0 atom stereocenters. The number of nitrogens with one attached hydrogen (secondary N) is 1. The maximum Gasteiger partial charge on any atom is 0.471 e. The van der Waals surface area contributed by atoms with Gasteiger partial charge in [-0.3, -0.25) is 14.9 Å². The fraction of sp³-hybridized carbons (Fsp3) is 0.0714. The van der Waals surface area contributed by atoms with Crippen LogP contribution in [0.4, 0.5) is 24.5 Å². The van der Waals surface area contributed by atoms with Crippen LogP contribution in [0.5, 0.6) is 0 Å². The van der Waals surface area contributed by atoms with E-state index in [-0.39, 0.29) is 31.4 Å². The molecule has 2 aromatic rings. The predicted molar refractivity (Wildman–Crippen MR) is 104 cm³/mol. The van der Waals surface area contributed by atoms with Gasteiger partial charge in [0.2, 0.25) is 0 Å². The van der Waals surface area contributed by atoms with E-state index in [0.29, 0.717) is 8.95 Å². The largest absolute Gasteiger partial charge is 0.471 e. The van der Waals surface area contributed by atoms with Crippen LogP contribution in [0.15, 0.2) is 42.2 Å². The van der Waals surface area contributed by atoms with Crippen LogP contribution in [0.3, 0.4) is 0 Å². The second-order valence-corrected chi connectivity index (χ2v) is 8.34. The SMILES string of the molecule is O=C(Nc1c(Br)cc(Br)cc1-c1cc(Br)cc(Br)c1[N+](=O)[O-])C(F)(F)F. The summed E-state index contributed by atoms with van der Waals surface area (Å²) < 4.78 is 39.1. The molecular formula is C14H5Br4F3N2O3. The number of nitrogens with zero attached hydrogens (tertiary/aromatic N) is 1. The van der Waals surface area contributed by atoms with Crippen molar-refractivity contribution in [2.24, 2.45) is 0 Å². The number of nitro groups is 1. The van der Waals surface area contributed by atoms with Crippen LogP contribution in [-0.4, -0.2) is 17.0 Å². The zero-order valence-electron chi connectivity index (χ0n) is 12.1. The lowest BCUT2D eigenvalue weighted by Gasteiger charge is -2.16. The van der Waals surface area contributed by atoms with Crippen molar-refractivity contribution in [1.82, 2.24) is 0 Å². The number of carbonyl (C=O) groups is 1. The molecule has 2 rings (SSSR count). The summed E-state index contributed by atoms with van der Waals surface area (Å²) >= 11 is 12.5. The van der Waals surface area contributed by atoms with E-state index in [1.807, 2.05) is 0 Å². The topological polar surface area (TPSA) is 72.2 Å². The Morgan fingerprint density at radius 2 is 1.46 bits per heavy atom. The fourth-order valence-electron chi connectivity index (χ4n) is 2.05. The Labute approximate surface area is 178 Å². The van der Waals surface area contributed by atoms with E-state index < -0.39 is 17.0 Å². The van der Waals surface area contributed by atoms with E-state index >= 15 is 0 Å². The first-order valence-electron chi connectivity index (χ1n) is 6.43. The lowest BCUT2D eigenvalue weighted by molar-refractivity contribution is -0.385. The van der Waals surface area contributed by atoms with Crippen molar-refractivity contribution in [3.8, 4) is 11.1 Å². The monoisotopic (exact) mass is 622 g/mol. The number of halogens is 7. The average Bonchev–Trinajstić information content (AvgIpc) is 2.47. The molecule has 0 aliphatic carbocycles. The molecule has 1 amide bonds. The summed E-state index contributed by atoms with van der Waals surface area (Å²) in [6.07, 6.45) is -5.12. The Kier molecular flexibility index (Phi) is 6.52. The van der Waals surface area contributed by atoms with Gasteiger partial charge < -0.3 is 5.32 Å². The summed E-state index contributed by atoms with van der Waals surface area (Å²) in [5, 5.41) is 13.2. The molecule has 1 N–H and O–H groups in total. The van der Waals surface area contributed by atoms with Crippen molar-refractivity contribution in [2.45, 2.75) is 6.18 Å². The summed E-state index contributed by atoms with van der Waals surface area (Å²) in [6.45, 7) is 0. The zero-order valence-corrected chi connectivity index (χ0v) is 18.5. The predicted octanol–water partition coefficient (Wildman–Crippen LogP) is 6.81. The Balaban J connectivity index is 2.79. The molecule has 0 aromatic heterocycles. The fourth-order valence-corrected chi connectivity index (χ4v) is 4.75. The average molecular weight is 626 g/mol. The number of benzene rings is 2. The van der Waals surface area contributed by atoms with Gasteiger partial charge >= 0.3 is 12.1 Å². The molecular weight excluding hydrogens is 621 g/mol. The normalized spacial score (nSPS) is 11.3. The van der Waals surface area contributed by atoms with Crippen LogP contribution < -0.4 is 5.32 Å². The van der Waals surface area contributed by atoms with Gasteiger partial charge in [0, 0.05) is 19.0 Å². The molecule has 26 heavy (non-hydrogen) atoms. The summed E-state index contributed by atoms with van der Waals surface area (Å²) in [4.78, 5) is 22.2. The van der Waals surface area contributed by atoms with Gasteiger partial charge in [-0.15, -0.1) is 0 Å². The van der Waals surface area contributed by atoms with E-state index in [1.165, 1.54) is 24.3 Å². The molecule has 0 fully saturated rings. The highest BCUT2D eigenvalue weighted by Gasteiger charge is 2.39. The molecule has 0 heterocycles. The van der Waals surface area contributed by atoms with Crippen molar-refractivity contribution in [1.29, 1.82) is 0 Å². The number of alkyl halides is 3. The van der Waals surface area contributed by atoms with E-state index in [2.05, 4.69) is 63.7 Å². The Hall–Kier alpha value is -0.980. The van der Waals surface area contributed by atoms with Gasteiger partial charge in [-0.1, -0.05) is 31.9 Å². The van der Waals surface area contributed by atoms with Crippen molar-refractivity contribution in [3.63, 3.8) is 0 Å². The molecule has 0 aliphatic heterocycles. The molecule has 2 aromatic carbocycles. The van der Waals surface area contributed by atoms with Gasteiger partial charge in [-0.25, -0.2) is 0 Å². The van der Waals surface area contributed by atoms with E-state index in [0.717, 1.165) is 0 Å². The van der Waals surface area contributed by atoms with Gasteiger partial charge in [0.1, 0.15) is 0 Å². The third kappa shape index (κ3) is 4.65. The maximum atomic E-state index is 12.7. The molecule has 5 nitrogen and oxygen atoms in total. The van der Waals surface area contributed by atoms with Gasteiger partial charge in [0.15, 0.2) is 0 Å². The minimum absolute atomic E-state index is 0.00993. The molecule has 0 bridgehead atoms. The van der Waals surface area contributed by atoms with E-state index in [1.54, 1.807) is 5.32 Å². The van der Waals surface area contributed by atoms with Gasteiger partial charge in [-0.05, 0) is 56.1 Å². The molecule has 0 radical (unpaired) electrons. The summed E-state index contributed by atoms with van der Waals surface area (Å²) in [5.41, 5.74) is -0.572. The first kappa shape index (κ1) is 21.3. The van der Waals surface area contributed by atoms with E-state index in [4.69, 9.17) is 0 Å². The molecule has 0 unspecified atom stereocenters. The quantitative estimate of drug-likeness (QED) is 0.301. The highest BCUT2D eigenvalue weighted by Crippen LogP contribution is 2.45. The second-order valence-electron chi connectivity index (χ2n) is 4.80. The summed E-state index contributed by atoms with van der Waals surface area (Å²) in [6, 6.07) is 5.59. The minimum atomic E-state index is -5.12. The van der Waals surface area contributed by atoms with Crippen molar-refractivity contribution in [2.75, 3.05) is 5.32 Å². The van der Waals surface area contributed by atoms with Crippen molar-refractivity contribution < 1.29 is 22.9 Å². The number of anilines is 1. The third-order valence-electron chi connectivity index (χ3n) is 3.05. The first-order valence-corrected chi connectivity index (χ1v) is 9.60. The first-order chi connectivity index (χ1) is 11.9. The molecule has 138 valence electrons. The number of hydrogen-bond acceptors (Lipinski definition) is 3. The van der Waals surface area contributed by atoms with Gasteiger partial charge in [-0.2, -0.15) is 13.2 Å². The number of amides is 1. The molecule has 0 saturated carbocycles. The van der Waals surface area contributed by atoms with Crippen LogP contribution >= 0.6 is 63.7 Å². The second kappa shape index (κ2) is 7.95. The minimum Gasteiger partial charge on any atom is -0.317 e. The standard InChI is InChI=1S/C14H5Br4F3N2O3/c15-5-1-7(8-2-6(16)4-10(18)12(8)23(25)26)11(9(17)3-5)22-13(24)14(19,20)21/h1-4H,(H,22,24). The Morgan fingerprint density at radius 3 is 1.96 bits per heavy atom. The van der Waals surface area contributed by atoms with Crippen LogP contribution in [0.2, 0.25) is 0 Å². The lowest BCUT2D eigenvalue weighted by Crippen LogP contribution is -2.30. The lowest BCUT2D eigenvalue weighted by atomic mass is 10.0. The molecule has 0 aliphatic rings. The molecule has 0 spiro atoms. The number of carbonyl (C=O) groups excluding carboxylic acids is 1. The number of hydrogen-bond donors (Lipinski definition) is 1. The molecule has 12 heteroatoms. The van der Waals surface area contributed by atoms with E-state index in [9.17, 15) is 28.1 Å². The van der Waals surface area contributed by atoms with Crippen LogP contribution in [0, 0.1) is 10.1 Å². The summed E-state index contributed by atoms with van der Waals surface area (Å²) in [7, 11) is 0. The Morgan fingerprint density at radius 1 is 0.962 bits per heavy atom. The van der Waals surface area contributed by atoms with Crippen molar-refractivity contribution in [3.05, 3.63) is 52.3 Å². The third-order valence-corrected chi connectivity index (χ3v) is 5.20. The Bertz CT molecular complexity index is 919. The van der Waals surface area contributed by atoms with Crippen LogP contribution in [-0.2, 0) is 4.79 Å². The maximum absolute atomic E-state index is 12.7. The zero-order chi connectivity index (χ0) is 19.8. The number of rotatable bonds is 3. The highest BCUT2D eigenvalue weighted by atomic mass is 79.9.